The molecule has 0 spiro atoms. The molecule has 2 aromatic rings. The first-order valence-corrected chi connectivity index (χ1v) is 7.76. The summed E-state index contributed by atoms with van der Waals surface area (Å²) in [4.78, 5) is 15.0. The molecular weight excluding hydrogens is 378 g/mol. The van der Waals surface area contributed by atoms with Gasteiger partial charge in [0.25, 0.3) is 0 Å². The molecule has 0 aliphatic heterocycles. The van der Waals surface area contributed by atoms with Gasteiger partial charge in [0.1, 0.15) is 17.4 Å². The lowest BCUT2D eigenvalue weighted by atomic mass is 10.3. The molecule has 6 nitrogen and oxygen atoms in total. The highest BCUT2D eigenvalue weighted by Gasteiger charge is 2.37. The van der Waals surface area contributed by atoms with Crippen LogP contribution in [0.1, 0.15) is 26.5 Å². The number of nitrogens with one attached hydrogen (secondary N) is 2. The fraction of sp³-hybridized carbons (Fsp3) is 0.467. The van der Waals surface area contributed by atoms with E-state index in [2.05, 4.69) is 30.6 Å². The molecule has 12 heteroatoms. The van der Waals surface area contributed by atoms with Gasteiger partial charge in [-0.25, -0.2) is 4.98 Å². The van der Waals surface area contributed by atoms with Crippen molar-refractivity contribution < 1.29 is 26.3 Å². The van der Waals surface area contributed by atoms with Crippen molar-refractivity contribution in [2.24, 2.45) is 0 Å². The van der Waals surface area contributed by atoms with Crippen LogP contribution >= 0.6 is 0 Å². The van der Waals surface area contributed by atoms with Crippen LogP contribution in [0, 0.1) is 0 Å². The van der Waals surface area contributed by atoms with Gasteiger partial charge in [-0.05, 0) is 32.9 Å². The number of pyridine rings is 1. The van der Waals surface area contributed by atoms with Crippen LogP contribution in [0.3, 0.4) is 0 Å². The molecule has 2 N–H and O–H groups in total. The van der Waals surface area contributed by atoms with Gasteiger partial charge < -0.3 is 10.6 Å². The molecule has 27 heavy (non-hydrogen) atoms. The summed E-state index contributed by atoms with van der Waals surface area (Å²) in [7, 11) is 0. The second-order valence-electron chi connectivity index (χ2n) is 5.92. The monoisotopic (exact) mass is 394 g/mol. The van der Waals surface area contributed by atoms with Crippen molar-refractivity contribution >= 4 is 11.9 Å². The largest absolute Gasteiger partial charge is 0.433 e. The average molecular weight is 394 g/mol. The van der Waals surface area contributed by atoms with Gasteiger partial charge in [-0.2, -0.15) is 41.3 Å². The summed E-state index contributed by atoms with van der Waals surface area (Å²) in [6.45, 7) is 4.33. The van der Waals surface area contributed by atoms with Crippen molar-refractivity contribution in [2.45, 2.75) is 45.2 Å². The summed E-state index contributed by atoms with van der Waals surface area (Å²) >= 11 is 0. The normalized spacial score (nSPS) is 13.6. The molecule has 148 valence electrons. The lowest BCUT2D eigenvalue weighted by Crippen LogP contribution is -2.34. The number of alkyl halides is 6. The van der Waals surface area contributed by atoms with Gasteiger partial charge in [0.15, 0.2) is 5.82 Å². The minimum absolute atomic E-state index is 0.0916. The van der Waals surface area contributed by atoms with Crippen LogP contribution in [0.15, 0.2) is 18.2 Å². The van der Waals surface area contributed by atoms with Crippen molar-refractivity contribution in [3.63, 3.8) is 0 Å². The minimum atomic E-state index is -4.69. The first-order valence-electron chi connectivity index (χ1n) is 7.76. The summed E-state index contributed by atoms with van der Waals surface area (Å²) in [5, 5.41) is 4.85. The highest BCUT2D eigenvalue weighted by molar-refractivity contribution is 5.54. The summed E-state index contributed by atoms with van der Waals surface area (Å²) in [5.41, 5.74) is -1.42. The van der Waals surface area contributed by atoms with Crippen molar-refractivity contribution in [2.75, 3.05) is 10.6 Å². The van der Waals surface area contributed by atoms with Gasteiger partial charge in [0, 0.05) is 6.04 Å². The maximum atomic E-state index is 12.9. The molecule has 0 unspecified atom stereocenters. The average Bonchev–Trinajstić information content (AvgIpc) is 2.52. The molecule has 0 saturated carbocycles. The van der Waals surface area contributed by atoms with Crippen LogP contribution < -0.4 is 10.6 Å². The van der Waals surface area contributed by atoms with Crippen molar-refractivity contribution in [1.82, 2.24) is 19.9 Å². The van der Waals surface area contributed by atoms with E-state index in [1.165, 1.54) is 6.07 Å². The Bertz CT molecular complexity index is 789. The minimum Gasteiger partial charge on any atom is -0.352 e. The third kappa shape index (κ3) is 5.66. The topological polar surface area (TPSA) is 75.6 Å². The number of hydrogen-bond donors (Lipinski definition) is 2. The highest BCUT2D eigenvalue weighted by Crippen LogP contribution is 2.29. The van der Waals surface area contributed by atoms with Crippen LogP contribution in [-0.2, 0) is 6.18 Å². The second kappa shape index (κ2) is 7.53. The van der Waals surface area contributed by atoms with Gasteiger partial charge >= 0.3 is 12.4 Å². The second-order valence-corrected chi connectivity index (χ2v) is 5.92. The van der Waals surface area contributed by atoms with E-state index in [-0.39, 0.29) is 23.5 Å². The number of nitrogens with zero attached hydrogens (tertiary/aromatic N) is 4. The van der Waals surface area contributed by atoms with Crippen LogP contribution in [0.2, 0.25) is 0 Å². The van der Waals surface area contributed by atoms with Gasteiger partial charge in [0.05, 0.1) is 0 Å². The Morgan fingerprint density at radius 3 is 1.93 bits per heavy atom. The molecule has 2 rings (SSSR count). The number of aromatic nitrogens is 4. The van der Waals surface area contributed by atoms with Gasteiger partial charge in [-0.1, -0.05) is 6.07 Å². The SMILES string of the molecule is CC(C)Nc1nc(N[C@H](C)C(F)(F)F)nc(-c2cccc(C(F)(F)F)n2)n1. The maximum absolute atomic E-state index is 12.9. The number of anilines is 2. The van der Waals surface area contributed by atoms with E-state index in [9.17, 15) is 26.3 Å². The third-order valence-corrected chi connectivity index (χ3v) is 3.16. The Morgan fingerprint density at radius 1 is 0.815 bits per heavy atom. The Hall–Kier alpha value is -2.66. The van der Waals surface area contributed by atoms with Crippen LogP contribution in [0.4, 0.5) is 38.2 Å². The van der Waals surface area contributed by atoms with Crippen LogP contribution in [-0.4, -0.2) is 38.2 Å². The van der Waals surface area contributed by atoms with E-state index in [1.54, 1.807) is 13.8 Å². The van der Waals surface area contributed by atoms with Crippen LogP contribution in [0.5, 0.6) is 0 Å². The fourth-order valence-corrected chi connectivity index (χ4v) is 1.87. The fourth-order valence-electron chi connectivity index (χ4n) is 1.87. The Kier molecular flexibility index (Phi) is 5.76. The summed E-state index contributed by atoms with van der Waals surface area (Å²) in [6.07, 6.45) is -9.25. The summed E-state index contributed by atoms with van der Waals surface area (Å²) < 4.78 is 76.9. The number of halogens is 6. The first-order chi connectivity index (χ1) is 12.4. The van der Waals surface area contributed by atoms with E-state index in [0.717, 1.165) is 19.1 Å². The molecule has 0 bridgehead atoms. The molecule has 0 fully saturated rings. The van der Waals surface area contributed by atoms with Gasteiger partial charge in [-0.15, -0.1) is 0 Å². The van der Waals surface area contributed by atoms with E-state index in [1.807, 2.05) is 0 Å². The molecule has 0 aromatic carbocycles. The molecule has 0 aliphatic carbocycles. The zero-order valence-corrected chi connectivity index (χ0v) is 14.4. The predicted molar refractivity (Wildman–Crippen MR) is 86.0 cm³/mol. The molecule has 0 aliphatic rings. The van der Waals surface area contributed by atoms with E-state index in [0.29, 0.717) is 0 Å². The van der Waals surface area contributed by atoms with E-state index in [4.69, 9.17) is 0 Å². The highest BCUT2D eigenvalue weighted by atomic mass is 19.4. The van der Waals surface area contributed by atoms with Crippen molar-refractivity contribution in [3.8, 4) is 11.5 Å². The van der Waals surface area contributed by atoms with E-state index >= 15 is 0 Å². The summed E-state index contributed by atoms with van der Waals surface area (Å²) in [6, 6.07) is 0.941. The summed E-state index contributed by atoms with van der Waals surface area (Å²) in [5.74, 6) is -0.825. The number of rotatable bonds is 5. The maximum Gasteiger partial charge on any atom is 0.433 e. The zero-order valence-electron chi connectivity index (χ0n) is 14.4. The first kappa shape index (κ1) is 20.6. The third-order valence-electron chi connectivity index (χ3n) is 3.16. The van der Waals surface area contributed by atoms with Crippen molar-refractivity contribution in [1.29, 1.82) is 0 Å². The standard InChI is InChI=1S/C15H16F6N6/c1-7(2)22-12-25-11(9-5-4-6-10(24-9)15(19,20)21)26-13(27-12)23-8(3)14(16,17)18/h4-8H,1-3H3,(H2,22,23,25,26,27)/t8-/m1/s1. The Labute approximate surface area is 150 Å². The molecular formula is C15H16F6N6. The quantitative estimate of drug-likeness (QED) is 0.743. The lowest BCUT2D eigenvalue weighted by molar-refractivity contribution is -0.141. The molecule has 0 saturated heterocycles. The Morgan fingerprint density at radius 2 is 1.41 bits per heavy atom. The Balaban J connectivity index is 2.48. The predicted octanol–water partition coefficient (Wildman–Crippen LogP) is 4.14. The molecule has 0 amide bonds. The zero-order chi connectivity index (χ0) is 20.4. The molecule has 2 heterocycles. The van der Waals surface area contributed by atoms with Gasteiger partial charge in [0.2, 0.25) is 11.9 Å². The smallest absolute Gasteiger partial charge is 0.352 e. The van der Waals surface area contributed by atoms with Crippen molar-refractivity contribution in [3.05, 3.63) is 23.9 Å². The molecule has 0 radical (unpaired) electrons. The van der Waals surface area contributed by atoms with E-state index < -0.39 is 30.0 Å². The lowest BCUT2D eigenvalue weighted by Gasteiger charge is -2.18. The van der Waals surface area contributed by atoms with Crippen LogP contribution in [0.25, 0.3) is 11.5 Å². The van der Waals surface area contributed by atoms with Gasteiger partial charge in [-0.3, -0.25) is 0 Å². The molecule has 2 aromatic heterocycles. The molecule has 1 atom stereocenters. The number of hydrogen-bond acceptors (Lipinski definition) is 6.